The average Bonchev–Trinajstić information content (AvgIpc) is 3.19. The highest BCUT2D eigenvalue weighted by atomic mass is 32.2. The third kappa shape index (κ3) is 5.31. The van der Waals surface area contributed by atoms with E-state index in [9.17, 15) is 0 Å². The number of benzene rings is 2. The minimum atomic E-state index is 0.460. The van der Waals surface area contributed by atoms with Crippen LogP contribution in [-0.2, 0) is 6.61 Å². The molecule has 5 nitrogen and oxygen atoms in total. The normalized spacial score (nSPS) is 10.6. The van der Waals surface area contributed by atoms with E-state index in [1.165, 1.54) is 0 Å². The number of rotatable bonds is 8. The van der Waals surface area contributed by atoms with E-state index in [-0.39, 0.29) is 0 Å². The van der Waals surface area contributed by atoms with Crippen molar-refractivity contribution in [2.75, 3.05) is 12.4 Å². The fourth-order valence-corrected chi connectivity index (χ4v) is 4.29. The second-order valence-electron chi connectivity index (χ2n) is 6.49. The zero-order valence-corrected chi connectivity index (χ0v) is 18.3. The summed E-state index contributed by atoms with van der Waals surface area (Å²) in [5, 5.41) is 6.07. The van der Waals surface area contributed by atoms with Gasteiger partial charge in [0.2, 0.25) is 0 Å². The van der Waals surface area contributed by atoms with Crippen LogP contribution in [0.5, 0.6) is 11.5 Å². The number of thiazole rings is 1. The first kappa shape index (κ1) is 20.3. The van der Waals surface area contributed by atoms with Crippen molar-refractivity contribution < 1.29 is 9.47 Å². The molecule has 0 unspecified atom stereocenters. The molecule has 4 rings (SSSR count). The predicted octanol–water partition coefficient (Wildman–Crippen LogP) is 6.33. The molecular weight excluding hydrogens is 414 g/mol. The summed E-state index contributed by atoms with van der Waals surface area (Å²) in [4.78, 5) is 11.1. The molecule has 0 aliphatic carbocycles. The molecule has 0 saturated carbocycles. The van der Waals surface area contributed by atoms with Gasteiger partial charge in [-0.15, -0.1) is 11.3 Å². The van der Waals surface area contributed by atoms with Gasteiger partial charge in [0.05, 0.1) is 12.8 Å². The van der Waals surface area contributed by atoms with Crippen molar-refractivity contribution in [3.63, 3.8) is 0 Å². The first-order chi connectivity index (χ1) is 14.7. The second-order valence-corrected chi connectivity index (χ2v) is 8.50. The number of hydrogen-bond acceptors (Lipinski definition) is 7. The van der Waals surface area contributed by atoms with E-state index in [2.05, 4.69) is 15.3 Å². The van der Waals surface area contributed by atoms with Crippen molar-refractivity contribution in [3.05, 3.63) is 83.5 Å². The number of pyridine rings is 1. The largest absolute Gasteiger partial charge is 0.497 e. The third-order valence-electron chi connectivity index (χ3n) is 4.19. The molecule has 0 fully saturated rings. The van der Waals surface area contributed by atoms with E-state index < -0.39 is 0 Å². The molecule has 4 aromatic rings. The molecule has 152 valence electrons. The Hall–Kier alpha value is -3.03. The maximum absolute atomic E-state index is 6.14. The van der Waals surface area contributed by atoms with Gasteiger partial charge < -0.3 is 14.8 Å². The molecule has 2 aromatic heterocycles. The van der Waals surface area contributed by atoms with E-state index in [0.29, 0.717) is 18.2 Å². The Bertz CT molecular complexity index is 1120. The Balaban J connectivity index is 1.58. The number of anilines is 2. The number of aromatic nitrogens is 2. The van der Waals surface area contributed by atoms with E-state index in [1.807, 2.05) is 79.2 Å². The van der Waals surface area contributed by atoms with Gasteiger partial charge in [-0.2, -0.15) is 0 Å². The maximum Gasteiger partial charge on any atom is 0.188 e. The molecule has 7 heteroatoms. The van der Waals surface area contributed by atoms with Crippen molar-refractivity contribution in [1.29, 1.82) is 0 Å². The molecule has 0 aliphatic heterocycles. The summed E-state index contributed by atoms with van der Waals surface area (Å²) in [6.45, 7) is 2.43. The van der Waals surface area contributed by atoms with Crippen LogP contribution < -0.4 is 14.8 Å². The molecule has 0 bridgehead atoms. The number of methoxy groups -OCH3 is 1. The van der Waals surface area contributed by atoms with Gasteiger partial charge in [0.15, 0.2) is 16.7 Å². The van der Waals surface area contributed by atoms with Gasteiger partial charge in [-0.25, -0.2) is 9.97 Å². The molecule has 0 atom stereocenters. The zero-order valence-electron chi connectivity index (χ0n) is 16.7. The minimum Gasteiger partial charge on any atom is -0.497 e. The van der Waals surface area contributed by atoms with Crippen molar-refractivity contribution in [1.82, 2.24) is 9.97 Å². The molecule has 0 spiro atoms. The Morgan fingerprint density at radius 2 is 1.90 bits per heavy atom. The monoisotopic (exact) mass is 435 g/mol. The van der Waals surface area contributed by atoms with Crippen LogP contribution >= 0.6 is 23.1 Å². The molecule has 0 saturated heterocycles. The standard InChI is InChI=1S/C23H21N3O2S2/c1-16-15-29-23(25-16)26-22-21(28-14-17-7-4-3-5-8-17)12-20(13-24-22)30-19-10-6-9-18(11-19)27-2/h3-13,15H,14H2,1-2H3,(H,24,25,26). The van der Waals surface area contributed by atoms with Crippen LogP contribution in [-0.4, -0.2) is 17.1 Å². The number of aryl methyl sites for hydroxylation is 1. The number of hydrogen-bond donors (Lipinski definition) is 1. The van der Waals surface area contributed by atoms with Crippen molar-refractivity contribution in [3.8, 4) is 11.5 Å². The van der Waals surface area contributed by atoms with Gasteiger partial charge in [0.25, 0.3) is 0 Å². The van der Waals surface area contributed by atoms with Crippen LogP contribution in [0.25, 0.3) is 0 Å². The minimum absolute atomic E-state index is 0.460. The highest BCUT2D eigenvalue weighted by Crippen LogP contribution is 2.35. The molecule has 0 aliphatic rings. The molecule has 2 heterocycles. The van der Waals surface area contributed by atoms with Crippen LogP contribution in [0.3, 0.4) is 0 Å². The quantitative estimate of drug-likeness (QED) is 0.349. The maximum atomic E-state index is 6.14. The van der Waals surface area contributed by atoms with Gasteiger partial charge in [0.1, 0.15) is 12.4 Å². The van der Waals surface area contributed by atoms with Crippen LogP contribution in [0.15, 0.2) is 82.0 Å². The lowest BCUT2D eigenvalue weighted by atomic mass is 10.2. The molecule has 2 aromatic carbocycles. The summed E-state index contributed by atoms with van der Waals surface area (Å²) in [5.41, 5.74) is 2.07. The highest BCUT2D eigenvalue weighted by Gasteiger charge is 2.11. The van der Waals surface area contributed by atoms with Gasteiger partial charge in [-0.3, -0.25) is 0 Å². The van der Waals surface area contributed by atoms with Crippen LogP contribution in [0.2, 0.25) is 0 Å². The number of ether oxygens (including phenoxy) is 2. The van der Waals surface area contributed by atoms with Crippen molar-refractivity contribution in [2.24, 2.45) is 0 Å². The van der Waals surface area contributed by atoms with Gasteiger partial charge in [-0.1, -0.05) is 48.2 Å². The SMILES string of the molecule is COc1cccc(Sc2cnc(Nc3nc(C)cs3)c(OCc3ccccc3)c2)c1. The lowest BCUT2D eigenvalue weighted by Crippen LogP contribution is -2.01. The fourth-order valence-electron chi connectivity index (χ4n) is 2.74. The van der Waals surface area contributed by atoms with E-state index in [4.69, 9.17) is 9.47 Å². The summed E-state index contributed by atoms with van der Waals surface area (Å²) in [7, 11) is 1.67. The smallest absolute Gasteiger partial charge is 0.188 e. The zero-order chi connectivity index (χ0) is 20.8. The highest BCUT2D eigenvalue weighted by molar-refractivity contribution is 7.99. The van der Waals surface area contributed by atoms with Gasteiger partial charge in [-0.05, 0) is 36.8 Å². The topological polar surface area (TPSA) is 56.3 Å². The van der Waals surface area contributed by atoms with Crippen LogP contribution in [0.1, 0.15) is 11.3 Å². The van der Waals surface area contributed by atoms with E-state index >= 15 is 0 Å². The van der Waals surface area contributed by atoms with Gasteiger partial charge in [0, 0.05) is 21.4 Å². The van der Waals surface area contributed by atoms with E-state index in [1.54, 1.807) is 30.2 Å². The lowest BCUT2D eigenvalue weighted by Gasteiger charge is -2.13. The molecular formula is C23H21N3O2S2. The lowest BCUT2D eigenvalue weighted by molar-refractivity contribution is 0.306. The van der Waals surface area contributed by atoms with Crippen LogP contribution in [0, 0.1) is 6.92 Å². The van der Waals surface area contributed by atoms with Crippen molar-refractivity contribution in [2.45, 2.75) is 23.3 Å². The summed E-state index contributed by atoms with van der Waals surface area (Å²) in [6, 6.07) is 20.0. The Morgan fingerprint density at radius 3 is 2.67 bits per heavy atom. The molecule has 1 N–H and O–H groups in total. The van der Waals surface area contributed by atoms with Crippen molar-refractivity contribution >= 4 is 34.0 Å². The van der Waals surface area contributed by atoms with E-state index in [0.717, 1.165) is 31.9 Å². The summed E-state index contributed by atoms with van der Waals surface area (Å²) in [6.07, 6.45) is 1.84. The Morgan fingerprint density at radius 1 is 1.03 bits per heavy atom. The predicted molar refractivity (Wildman–Crippen MR) is 122 cm³/mol. The number of nitrogens with one attached hydrogen (secondary N) is 1. The number of nitrogens with zero attached hydrogens (tertiary/aromatic N) is 2. The van der Waals surface area contributed by atoms with Gasteiger partial charge >= 0.3 is 0 Å². The summed E-state index contributed by atoms with van der Waals surface area (Å²) < 4.78 is 11.5. The summed E-state index contributed by atoms with van der Waals surface area (Å²) in [5.74, 6) is 2.15. The first-order valence-electron chi connectivity index (χ1n) is 9.37. The average molecular weight is 436 g/mol. The Kier molecular flexibility index (Phi) is 6.51. The first-order valence-corrected chi connectivity index (χ1v) is 11.1. The van der Waals surface area contributed by atoms with Crippen LogP contribution in [0.4, 0.5) is 10.9 Å². The Labute approximate surface area is 184 Å². The third-order valence-corrected chi connectivity index (χ3v) is 6.01. The fraction of sp³-hybridized carbons (Fsp3) is 0.130. The summed E-state index contributed by atoms with van der Waals surface area (Å²) >= 11 is 3.15. The molecule has 30 heavy (non-hydrogen) atoms. The molecule has 0 amide bonds. The second kappa shape index (κ2) is 9.65. The molecule has 0 radical (unpaired) electrons.